The first-order valence-electron chi connectivity index (χ1n) is 5.86. The number of benzene rings is 2. The molecule has 0 heterocycles. The van der Waals surface area contributed by atoms with Crippen LogP contribution in [-0.4, -0.2) is 14.2 Å². The van der Waals surface area contributed by atoms with Crippen LogP contribution in [0.5, 0.6) is 0 Å². The molecule has 19 heavy (non-hydrogen) atoms. The van der Waals surface area contributed by atoms with Crippen molar-refractivity contribution >= 4 is 38.3 Å². The monoisotopic (exact) mass is 387 g/mol. The molecule has 0 spiro atoms. The molecule has 3 nitrogen and oxygen atoms in total. The average Bonchev–Trinajstić information content (AvgIpc) is 2.40. The average molecular weight is 387 g/mol. The van der Waals surface area contributed by atoms with Gasteiger partial charge in [0.05, 0.1) is 11.4 Å². The molecule has 0 saturated carbocycles. The minimum Gasteiger partial charge on any atom is -0.282 e. The molecule has 0 aliphatic carbocycles. The molecule has 0 amide bonds. The lowest BCUT2D eigenvalue weighted by Crippen LogP contribution is -2.18. The van der Waals surface area contributed by atoms with E-state index in [9.17, 15) is 8.42 Å². The smallest absolute Gasteiger partial charge is 0.233 e. The summed E-state index contributed by atoms with van der Waals surface area (Å²) in [7, 11) is -3.31. The van der Waals surface area contributed by atoms with E-state index >= 15 is 0 Å². The summed E-state index contributed by atoms with van der Waals surface area (Å²) >= 11 is 2.11. The topological polar surface area (TPSA) is 46.2 Å². The van der Waals surface area contributed by atoms with E-state index in [-0.39, 0.29) is 5.75 Å². The molecule has 0 atom stereocenters. The Bertz CT molecular complexity index is 642. The van der Waals surface area contributed by atoms with Crippen molar-refractivity contribution in [2.75, 3.05) is 10.5 Å². The van der Waals surface area contributed by atoms with Crippen LogP contribution in [-0.2, 0) is 16.4 Å². The number of aryl methyl sites for hydroxylation is 1. The first-order valence-corrected chi connectivity index (χ1v) is 8.59. The molecular formula is C14H14INO2S. The Balaban J connectivity index is 2.02. The standard InChI is InChI=1S/C14H14INO2S/c15-13-8-4-5-9-14(13)16-19(17,18)11-10-12-6-2-1-3-7-12/h1-9,16H,10-11H2. The molecular weight excluding hydrogens is 373 g/mol. The van der Waals surface area contributed by atoms with Crippen LogP contribution in [0.4, 0.5) is 5.69 Å². The Morgan fingerprint density at radius 1 is 0.947 bits per heavy atom. The molecule has 1 N–H and O–H groups in total. The Kier molecular flexibility index (Phi) is 4.81. The maximum Gasteiger partial charge on any atom is 0.233 e. The third-order valence-corrected chi connectivity index (χ3v) is 4.85. The quantitative estimate of drug-likeness (QED) is 0.801. The fourth-order valence-corrected chi connectivity index (χ4v) is 3.48. The number of sulfonamides is 1. The van der Waals surface area contributed by atoms with E-state index in [0.717, 1.165) is 9.13 Å². The maximum atomic E-state index is 12.0. The minimum atomic E-state index is -3.31. The van der Waals surface area contributed by atoms with Crippen molar-refractivity contribution in [1.82, 2.24) is 0 Å². The molecule has 0 saturated heterocycles. The summed E-state index contributed by atoms with van der Waals surface area (Å²) in [6, 6.07) is 16.9. The van der Waals surface area contributed by atoms with Crippen LogP contribution < -0.4 is 4.72 Å². The Hall–Kier alpha value is -1.08. The summed E-state index contributed by atoms with van der Waals surface area (Å²) in [6.07, 6.45) is 0.513. The molecule has 100 valence electrons. The van der Waals surface area contributed by atoms with Crippen LogP contribution >= 0.6 is 22.6 Å². The van der Waals surface area contributed by atoms with Gasteiger partial charge < -0.3 is 0 Å². The summed E-state index contributed by atoms with van der Waals surface area (Å²) in [4.78, 5) is 0. The van der Waals surface area contributed by atoms with E-state index in [1.165, 1.54) is 0 Å². The van der Waals surface area contributed by atoms with Gasteiger partial charge in [-0.15, -0.1) is 0 Å². The zero-order chi connectivity index (χ0) is 13.7. The predicted molar refractivity (Wildman–Crippen MR) is 86.7 cm³/mol. The van der Waals surface area contributed by atoms with Gasteiger partial charge in [0.25, 0.3) is 0 Å². The molecule has 2 aromatic rings. The summed E-state index contributed by atoms with van der Waals surface area (Å²) < 4.78 is 27.5. The summed E-state index contributed by atoms with van der Waals surface area (Å²) in [5.41, 5.74) is 1.66. The molecule has 0 aliphatic rings. The van der Waals surface area contributed by atoms with Crippen molar-refractivity contribution in [2.45, 2.75) is 6.42 Å². The number of hydrogen-bond donors (Lipinski definition) is 1. The van der Waals surface area contributed by atoms with Gasteiger partial charge >= 0.3 is 0 Å². The zero-order valence-corrected chi connectivity index (χ0v) is 13.2. The normalized spacial score (nSPS) is 11.2. The summed E-state index contributed by atoms with van der Waals surface area (Å²) in [5.74, 6) is 0.0853. The largest absolute Gasteiger partial charge is 0.282 e. The fourth-order valence-electron chi connectivity index (χ4n) is 1.66. The Morgan fingerprint density at radius 2 is 1.58 bits per heavy atom. The van der Waals surface area contributed by atoms with Crippen LogP contribution in [0.3, 0.4) is 0 Å². The number of anilines is 1. The Labute approximate surface area is 127 Å². The van der Waals surface area contributed by atoms with E-state index in [1.54, 1.807) is 6.07 Å². The highest BCUT2D eigenvalue weighted by Gasteiger charge is 2.12. The highest BCUT2D eigenvalue weighted by Crippen LogP contribution is 2.18. The third kappa shape index (κ3) is 4.50. The maximum absolute atomic E-state index is 12.0. The summed E-state index contributed by atoms with van der Waals surface area (Å²) in [6.45, 7) is 0. The van der Waals surface area contributed by atoms with Crippen molar-refractivity contribution in [2.24, 2.45) is 0 Å². The lowest BCUT2D eigenvalue weighted by Gasteiger charge is -2.09. The molecule has 0 aromatic heterocycles. The van der Waals surface area contributed by atoms with Gasteiger partial charge in [-0.1, -0.05) is 42.5 Å². The first-order chi connectivity index (χ1) is 9.07. The molecule has 0 unspecified atom stereocenters. The van der Waals surface area contributed by atoms with E-state index in [2.05, 4.69) is 27.3 Å². The highest BCUT2D eigenvalue weighted by molar-refractivity contribution is 14.1. The molecule has 0 aliphatic heterocycles. The number of rotatable bonds is 5. The zero-order valence-electron chi connectivity index (χ0n) is 10.2. The van der Waals surface area contributed by atoms with Gasteiger partial charge in [-0.3, -0.25) is 4.72 Å². The van der Waals surface area contributed by atoms with Crippen molar-refractivity contribution in [3.63, 3.8) is 0 Å². The molecule has 0 bridgehead atoms. The molecule has 0 radical (unpaired) electrons. The second-order valence-corrected chi connectivity index (χ2v) is 7.14. The molecule has 2 rings (SSSR count). The highest BCUT2D eigenvalue weighted by atomic mass is 127. The second-order valence-electron chi connectivity index (χ2n) is 4.14. The minimum absolute atomic E-state index is 0.0853. The van der Waals surface area contributed by atoms with Gasteiger partial charge in [-0.25, -0.2) is 8.42 Å². The van der Waals surface area contributed by atoms with E-state index in [4.69, 9.17) is 0 Å². The SMILES string of the molecule is O=S(=O)(CCc1ccccc1)Nc1ccccc1I. The lowest BCUT2D eigenvalue weighted by molar-refractivity contribution is 0.600. The van der Waals surface area contributed by atoms with E-state index in [1.807, 2.05) is 48.5 Å². The van der Waals surface area contributed by atoms with Gasteiger partial charge in [0, 0.05) is 3.57 Å². The number of halogens is 1. The molecule has 5 heteroatoms. The van der Waals surface area contributed by atoms with Crippen LogP contribution in [0.2, 0.25) is 0 Å². The lowest BCUT2D eigenvalue weighted by atomic mass is 10.2. The van der Waals surface area contributed by atoms with Gasteiger partial charge in [0.15, 0.2) is 0 Å². The number of nitrogens with one attached hydrogen (secondary N) is 1. The van der Waals surface area contributed by atoms with Crippen molar-refractivity contribution in [3.05, 3.63) is 63.7 Å². The van der Waals surface area contributed by atoms with E-state index < -0.39 is 10.0 Å². The molecule has 2 aromatic carbocycles. The van der Waals surface area contributed by atoms with Crippen molar-refractivity contribution < 1.29 is 8.42 Å². The van der Waals surface area contributed by atoms with Crippen LogP contribution in [0, 0.1) is 3.57 Å². The second kappa shape index (κ2) is 6.38. The van der Waals surface area contributed by atoms with Crippen molar-refractivity contribution in [3.8, 4) is 0 Å². The van der Waals surface area contributed by atoms with Crippen molar-refractivity contribution in [1.29, 1.82) is 0 Å². The predicted octanol–water partition coefficient (Wildman–Crippen LogP) is 3.28. The molecule has 0 fully saturated rings. The van der Waals surface area contributed by atoms with Crippen LogP contribution in [0.1, 0.15) is 5.56 Å². The number of para-hydroxylation sites is 1. The van der Waals surface area contributed by atoms with Crippen LogP contribution in [0.15, 0.2) is 54.6 Å². The van der Waals surface area contributed by atoms with Crippen LogP contribution in [0.25, 0.3) is 0 Å². The Morgan fingerprint density at radius 3 is 2.26 bits per heavy atom. The fraction of sp³-hybridized carbons (Fsp3) is 0.143. The first kappa shape index (κ1) is 14.3. The number of hydrogen-bond acceptors (Lipinski definition) is 2. The van der Waals surface area contributed by atoms with Gasteiger partial charge in [-0.2, -0.15) is 0 Å². The van der Waals surface area contributed by atoms with E-state index in [0.29, 0.717) is 12.1 Å². The van der Waals surface area contributed by atoms with Gasteiger partial charge in [-0.05, 0) is 46.7 Å². The summed E-state index contributed by atoms with van der Waals surface area (Å²) in [5, 5.41) is 0. The van der Waals surface area contributed by atoms with Gasteiger partial charge in [0.2, 0.25) is 10.0 Å². The third-order valence-electron chi connectivity index (χ3n) is 2.64. The van der Waals surface area contributed by atoms with Gasteiger partial charge in [0.1, 0.15) is 0 Å².